The van der Waals surface area contributed by atoms with Gasteiger partial charge in [0, 0.05) is 42.5 Å². The molecule has 6 heteroatoms. The maximum absolute atomic E-state index is 12.8. The number of nitrogens with one attached hydrogen (secondary N) is 1. The monoisotopic (exact) mass is 402 g/mol. The van der Waals surface area contributed by atoms with E-state index in [1.165, 1.54) is 11.8 Å². The van der Waals surface area contributed by atoms with Crippen LogP contribution in [0.25, 0.3) is 0 Å². The number of amides is 2. The molecule has 0 spiro atoms. The lowest BCUT2D eigenvalue weighted by molar-refractivity contribution is -0.119. The van der Waals surface area contributed by atoms with E-state index in [-0.39, 0.29) is 30.6 Å². The number of ketones is 1. The number of hydrogen-bond acceptors (Lipinski definition) is 3. The van der Waals surface area contributed by atoms with Crippen molar-refractivity contribution in [3.05, 3.63) is 64.1 Å². The number of carbonyl (C=O) groups is 3. The average molecular weight is 403 g/mol. The molecule has 0 bridgehead atoms. The molecule has 0 aromatic heterocycles. The van der Waals surface area contributed by atoms with Crippen molar-refractivity contribution in [3.63, 3.8) is 0 Å². The summed E-state index contributed by atoms with van der Waals surface area (Å²) in [5.41, 5.74) is 1.53. The zero-order valence-corrected chi connectivity index (χ0v) is 15.7. The first-order chi connectivity index (χ1) is 11.9. The number of nitrogens with zero attached hydrogens (tertiary/aromatic N) is 1. The van der Waals surface area contributed by atoms with Gasteiger partial charge in [-0.2, -0.15) is 0 Å². The van der Waals surface area contributed by atoms with Crippen molar-refractivity contribution in [2.24, 2.45) is 0 Å². The fraction of sp³-hybridized carbons (Fsp3) is 0.211. The van der Waals surface area contributed by atoms with Gasteiger partial charge in [-0.15, -0.1) is 0 Å². The lowest BCUT2D eigenvalue weighted by atomic mass is 10.0. The van der Waals surface area contributed by atoms with Crippen LogP contribution in [0.1, 0.15) is 29.3 Å². The van der Waals surface area contributed by atoms with Gasteiger partial charge < -0.3 is 10.2 Å². The highest BCUT2D eigenvalue weighted by Gasteiger charge is 2.20. The molecule has 1 N–H and O–H groups in total. The summed E-state index contributed by atoms with van der Waals surface area (Å²) >= 11 is 3.38. The number of halogens is 1. The second kappa shape index (κ2) is 8.58. The van der Waals surface area contributed by atoms with Gasteiger partial charge >= 0.3 is 0 Å². The molecule has 0 heterocycles. The Labute approximate surface area is 155 Å². The molecule has 130 valence electrons. The van der Waals surface area contributed by atoms with Crippen LogP contribution in [0.3, 0.4) is 0 Å². The lowest BCUT2D eigenvalue weighted by Crippen LogP contribution is -2.32. The highest BCUT2D eigenvalue weighted by molar-refractivity contribution is 9.10. The first kappa shape index (κ1) is 18.9. The minimum Gasteiger partial charge on any atom is -0.356 e. The summed E-state index contributed by atoms with van der Waals surface area (Å²) in [6.45, 7) is 1.66. The largest absolute Gasteiger partial charge is 0.356 e. The molecule has 25 heavy (non-hydrogen) atoms. The lowest BCUT2D eigenvalue weighted by Gasteiger charge is -2.21. The standard InChI is InChI=1S/C19H19BrN2O3/c1-13(23)21-11-10-18(24)22(2)17-9-8-15(20)12-16(17)19(25)14-6-4-3-5-7-14/h3-9,12H,10-11H2,1-2H3,(H,21,23). The summed E-state index contributed by atoms with van der Waals surface area (Å²) in [5.74, 6) is -0.518. The topological polar surface area (TPSA) is 66.5 Å². The summed E-state index contributed by atoms with van der Waals surface area (Å²) in [4.78, 5) is 37.6. The van der Waals surface area contributed by atoms with Crippen LogP contribution >= 0.6 is 15.9 Å². The first-order valence-corrected chi connectivity index (χ1v) is 8.59. The zero-order valence-electron chi connectivity index (χ0n) is 14.1. The zero-order chi connectivity index (χ0) is 18.4. The minimum absolute atomic E-state index is 0.154. The second-order valence-electron chi connectivity index (χ2n) is 5.54. The Morgan fingerprint density at radius 2 is 1.76 bits per heavy atom. The molecule has 0 aliphatic heterocycles. The fourth-order valence-corrected chi connectivity index (χ4v) is 2.74. The van der Waals surface area contributed by atoms with Gasteiger partial charge in [0.2, 0.25) is 11.8 Å². The summed E-state index contributed by atoms with van der Waals surface area (Å²) in [6, 6.07) is 14.2. The van der Waals surface area contributed by atoms with Crippen molar-refractivity contribution in [2.45, 2.75) is 13.3 Å². The highest BCUT2D eigenvalue weighted by Crippen LogP contribution is 2.26. The Bertz CT molecular complexity index is 791. The van der Waals surface area contributed by atoms with Gasteiger partial charge in [0.05, 0.1) is 5.69 Å². The van der Waals surface area contributed by atoms with E-state index in [0.717, 1.165) is 4.47 Å². The number of rotatable bonds is 6. The van der Waals surface area contributed by atoms with E-state index in [9.17, 15) is 14.4 Å². The molecule has 0 radical (unpaired) electrons. The van der Waals surface area contributed by atoms with E-state index >= 15 is 0 Å². The summed E-state index contributed by atoms with van der Waals surface area (Å²) in [6.07, 6.45) is 0.158. The van der Waals surface area contributed by atoms with Crippen LogP contribution < -0.4 is 10.2 Å². The van der Waals surface area contributed by atoms with Crippen LogP contribution in [-0.4, -0.2) is 31.2 Å². The molecule has 5 nitrogen and oxygen atoms in total. The third kappa shape index (κ3) is 5.00. The van der Waals surface area contributed by atoms with Crippen molar-refractivity contribution in [3.8, 4) is 0 Å². The molecule has 0 saturated carbocycles. The van der Waals surface area contributed by atoms with Crippen LogP contribution in [0.4, 0.5) is 5.69 Å². The molecule has 0 aliphatic carbocycles. The van der Waals surface area contributed by atoms with Crippen molar-refractivity contribution in [2.75, 3.05) is 18.5 Å². The van der Waals surface area contributed by atoms with Gasteiger partial charge in [-0.05, 0) is 18.2 Å². The van der Waals surface area contributed by atoms with Crippen molar-refractivity contribution in [1.82, 2.24) is 5.32 Å². The summed E-state index contributed by atoms with van der Waals surface area (Å²) in [5, 5.41) is 2.59. The van der Waals surface area contributed by atoms with Gasteiger partial charge in [0.15, 0.2) is 5.78 Å². The molecule has 0 aliphatic rings. The van der Waals surface area contributed by atoms with Crippen LogP contribution in [0.2, 0.25) is 0 Å². The third-order valence-corrected chi connectivity index (χ3v) is 4.18. The Balaban J connectivity index is 2.27. The smallest absolute Gasteiger partial charge is 0.228 e. The van der Waals surface area contributed by atoms with Crippen LogP contribution in [-0.2, 0) is 9.59 Å². The summed E-state index contributed by atoms with van der Waals surface area (Å²) < 4.78 is 0.759. The van der Waals surface area contributed by atoms with Crippen molar-refractivity contribution in [1.29, 1.82) is 0 Å². The molecule has 0 saturated heterocycles. The fourth-order valence-electron chi connectivity index (χ4n) is 2.38. The number of anilines is 1. The second-order valence-corrected chi connectivity index (χ2v) is 6.46. The van der Waals surface area contributed by atoms with Crippen molar-refractivity contribution < 1.29 is 14.4 Å². The molecule has 0 unspecified atom stereocenters. The molecule has 0 atom stereocenters. The van der Waals surface area contributed by atoms with Crippen LogP contribution in [0.5, 0.6) is 0 Å². The third-order valence-electron chi connectivity index (χ3n) is 3.69. The number of benzene rings is 2. The molecule has 2 aromatic rings. The minimum atomic E-state index is -0.182. The van der Waals surface area contributed by atoms with Crippen molar-refractivity contribution >= 4 is 39.2 Å². The van der Waals surface area contributed by atoms with E-state index in [1.807, 2.05) is 6.07 Å². The van der Waals surface area contributed by atoms with E-state index in [0.29, 0.717) is 16.8 Å². The predicted molar refractivity (Wildman–Crippen MR) is 101 cm³/mol. The molecule has 2 amide bonds. The van der Waals surface area contributed by atoms with Gasteiger partial charge in [0.1, 0.15) is 0 Å². The normalized spacial score (nSPS) is 10.2. The maximum Gasteiger partial charge on any atom is 0.228 e. The SMILES string of the molecule is CC(=O)NCCC(=O)N(C)c1ccc(Br)cc1C(=O)c1ccccc1. The Kier molecular flexibility index (Phi) is 6.47. The number of carbonyl (C=O) groups excluding carboxylic acids is 3. The van der Waals surface area contributed by atoms with Gasteiger partial charge in [-0.1, -0.05) is 46.3 Å². The van der Waals surface area contributed by atoms with Gasteiger partial charge in [-0.25, -0.2) is 0 Å². The predicted octanol–water partition coefficient (Wildman–Crippen LogP) is 3.17. The van der Waals surface area contributed by atoms with Gasteiger partial charge in [-0.3, -0.25) is 14.4 Å². The molecule has 2 aromatic carbocycles. The average Bonchev–Trinajstić information content (AvgIpc) is 2.60. The van der Waals surface area contributed by atoms with E-state index in [2.05, 4.69) is 21.2 Å². The molecule has 0 fully saturated rings. The maximum atomic E-state index is 12.8. The quantitative estimate of drug-likeness (QED) is 0.754. The van der Waals surface area contributed by atoms with E-state index in [1.54, 1.807) is 49.5 Å². The number of hydrogen-bond donors (Lipinski definition) is 1. The molecular weight excluding hydrogens is 384 g/mol. The Morgan fingerprint density at radius 3 is 2.40 bits per heavy atom. The first-order valence-electron chi connectivity index (χ1n) is 7.80. The Hall–Kier alpha value is -2.47. The van der Waals surface area contributed by atoms with Crippen LogP contribution in [0, 0.1) is 0 Å². The molecule has 2 rings (SSSR count). The molecular formula is C19H19BrN2O3. The van der Waals surface area contributed by atoms with Gasteiger partial charge in [0.25, 0.3) is 0 Å². The van der Waals surface area contributed by atoms with E-state index < -0.39 is 0 Å². The summed E-state index contributed by atoms with van der Waals surface area (Å²) in [7, 11) is 1.63. The van der Waals surface area contributed by atoms with E-state index in [4.69, 9.17) is 0 Å². The highest BCUT2D eigenvalue weighted by atomic mass is 79.9. The Morgan fingerprint density at radius 1 is 1.08 bits per heavy atom. The van der Waals surface area contributed by atoms with Crippen LogP contribution in [0.15, 0.2) is 53.0 Å².